The lowest BCUT2D eigenvalue weighted by atomic mass is 10.2. The van der Waals surface area contributed by atoms with E-state index in [2.05, 4.69) is 11.7 Å². The fourth-order valence-corrected chi connectivity index (χ4v) is 1.85. The summed E-state index contributed by atoms with van der Waals surface area (Å²) in [5.74, 6) is 0. The van der Waals surface area contributed by atoms with Crippen LogP contribution in [0.5, 0.6) is 0 Å². The predicted octanol–water partition coefficient (Wildman–Crippen LogP) is 3.15. The SMILES string of the molecule is N#Cc1ccc(SS)c(Cl)c1. The first-order valence-corrected chi connectivity index (χ1v) is 5.03. The molecule has 0 radical (unpaired) electrons. The first kappa shape index (κ1) is 8.79. The average molecular weight is 202 g/mol. The minimum absolute atomic E-state index is 0.570. The van der Waals surface area contributed by atoms with Gasteiger partial charge in [0.1, 0.15) is 0 Å². The van der Waals surface area contributed by atoms with Crippen LogP contribution in [-0.4, -0.2) is 0 Å². The number of thiol groups is 1. The Labute approximate surface area is 79.2 Å². The Bertz CT molecular complexity index is 306. The minimum atomic E-state index is 0.570. The van der Waals surface area contributed by atoms with Crippen molar-refractivity contribution in [2.45, 2.75) is 4.90 Å². The lowest BCUT2D eigenvalue weighted by molar-refractivity contribution is 1.42. The number of benzene rings is 1. The average Bonchev–Trinajstić information content (AvgIpc) is 2.04. The molecule has 0 N–H and O–H groups in total. The Morgan fingerprint density at radius 1 is 1.55 bits per heavy atom. The van der Waals surface area contributed by atoms with Gasteiger partial charge in [-0.2, -0.15) is 5.26 Å². The topological polar surface area (TPSA) is 23.8 Å². The summed E-state index contributed by atoms with van der Waals surface area (Å²) in [5.41, 5.74) is 0.570. The number of nitrogens with zero attached hydrogens (tertiary/aromatic N) is 1. The van der Waals surface area contributed by atoms with Crippen LogP contribution in [0.1, 0.15) is 5.56 Å². The lowest BCUT2D eigenvalue weighted by Gasteiger charge is -1.97. The molecule has 1 aromatic carbocycles. The zero-order valence-electron chi connectivity index (χ0n) is 5.41. The van der Waals surface area contributed by atoms with E-state index in [1.54, 1.807) is 18.2 Å². The smallest absolute Gasteiger partial charge is 0.0992 e. The van der Waals surface area contributed by atoms with Crippen LogP contribution < -0.4 is 0 Å². The molecule has 0 aliphatic carbocycles. The summed E-state index contributed by atoms with van der Waals surface area (Å²) in [6.07, 6.45) is 0. The summed E-state index contributed by atoms with van der Waals surface area (Å²) in [5, 5.41) is 9.06. The van der Waals surface area contributed by atoms with E-state index >= 15 is 0 Å². The van der Waals surface area contributed by atoms with Gasteiger partial charge in [-0.05, 0) is 18.2 Å². The van der Waals surface area contributed by atoms with Gasteiger partial charge in [0.05, 0.1) is 16.7 Å². The fourth-order valence-electron chi connectivity index (χ4n) is 0.644. The molecule has 56 valence electrons. The molecule has 0 aliphatic heterocycles. The molecule has 0 atom stereocenters. The van der Waals surface area contributed by atoms with Gasteiger partial charge in [0.25, 0.3) is 0 Å². The van der Waals surface area contributed by atoms with Crippen molar-refractivity contribution < 1.29 is 0 Å². The van der Waals surface area contributed by atoms with Crippen molar-refractivity contribution in [3.63, 3.8) is 0 Å². The standard InChI is InChI=1S/C7H4ClNS2/c8-6-3-5(4-9)1-2-7(6)11-10/h1-3,10H. The van der Waals surface area contributed by atoms with Crippen LogP contribution in [0.4, 0.5) is 0 Å². The quantitative estimate of drug-likeness (QED) is 0.558. The molecule has 0 amide bonds. The highest BCUT2D eigenvalue weighted by Crippen LogP contribution is 2.29. The molecule has 0 spiro atoms. The minimum Gasteiger partial charge on any atom is -0.192 e. The third-order valence-electron chi connectivity index (χ3n) is 1.16. The number of hydrogen-bond acceptors (Lipinski definition) is 3. The van der Waals surface area contributed by atoms with Crippen molar-refractivity contribution in [1.82, 2.24) is 0 Å². The summed E-state index contributed by atoms with van der Waals surface area (Å²) in [7, 11) is 1.27. The first-order valence-electron chi connectivity index (χ1n) is 2.79. The first-order chi connectivity index (χ1) is 5.27. The molecule has 0 unspecified atom stereocenters. The van der Waals surface area contributed by atoms with E-state index in [9.17, 15) is 0 Å². The van der Waals surface area contributed by atoms with Gasteiger partial charge >= 0.3 is 0 Å². The molecule has 0 fully saturated rings. The Morgan fingerprint density at radius 3 is 2.73 bits per heavy atom. The van der Waals surface area contributed by atoms with Gasteiger partial charge in [-0.3, -0.25) is 0 Å². The monoisotopic (exact) mass is 201 g/mol. The van der Waals surface area contributed by atoms with Crippen molar-refractivity contribution in [2.24, 2.45) is 0 Å². The highest BCUT2D eigenvalue weighted by molar-refractivity contribution is 8.68. The largest absolute Gasteiger partial charge is 0.192 e. The molecule has 11 heavy (non-hydrogen) atoms. The maximum atomic E-state index is 8.49. The summed E-state index contributed by atoms with van der Waals surface area (Å²) in [6, 6.07) is 7.11. The zero-order chi connectivity index (χ0) is 8.27. The molecule has 1 nitrogen and oxygen atoms in total. The third kappa shape index (κ3) is 2.06. The molecule has 0 heterocycles. The van der Waals surface area contributed by atoms with Gasteiger partial charge in [0.15, 0.2) is 0 Å². The molecular weight excluding hydrogens is 198 g/mol. The lowest BCUT2D eigenvalue weighted by Crippen LogP contribution is -1.75. The van der Waals surface area contributed by atoms with Crippen molar-refractivity contribution in [3.8, 4) is 6.07 Å². The van der Waals surface area contributed by atoms with E-state index in [1.807, 2.05) is 6.07 Å². The highest BCUT2D eigenvalue weighted by Gasteiger charge is 1.99. The van der Waals surface area contributed by atoms with Crippen LogP contribution in [0.25, 0.3) is 0 Å². The Morgan fingerprint density at radius 2 is 2.27 bits per heavy atom. The second-order valence-corrected chi connectivity index (χ2v) is 3.43. The number of rotatable bonds is 1. The van der Waals surface area contributed by atoms with Gasteiger partial charge in [-0.1, -0.05) is 22.4 Å². The van der Waals surface area contributed by atoms with E-state index in [4.69, 9.17) is 16.9 Å². The molecular formula is C7H4ClNS2. The predicted molar refractivity (Wildman–Crippen MR) is 51.0 cm³/mol. The molecule has 4 heteroatoms. The van der Waals surface area contributed by atoms with Crippen molar-refractivity contribution in [3.05, 3.63) is 28.8 Å². The summed E-state index contributed by atoms with van der Waals surface area (Å²) < 4.78 is 0. The van der Waals surface area contributed by atoms with Crippen molar-refractivity contribution in [1.29, 1.82) is 5.26 Å². The normalized spacial score (nSPS) is 9.18. The van der Waals surface area contributed by atoms with E-state index in [0.29, 0.717) is 10.6 Å². The Balaban J connectivity index is 3.12. The summed E-state index contributed by atoms with van der Waals surface area (Å²) >= 11 is 9.78. The molecule has 0 bridgehead atoms. The van der Waals surface area contributed by atoms with Gasteiger partial charge < -0.3 is 0 Å². The maximum Gasteiger partial charge on any atom is 0.0992 e. The fraction of sp³-hybridized carbons (Fsp3) is 0. The van der Waals surface area contributed by atoms with Crippen molar-refractivity contribution in [2.75, 3.05) is 0 Å². The third-order valence-corrected chi connectivity index (χ3v) is 2.73. The molecule has 1 rings (SSSR count). The zero-order valence-corrected chi connectivity index (χ0v) is 7.88. The van der Waals surface area contributed by atoms with Crippen LogP contribution in [-0.2, 0) is 0 Å². The van der Waals surface area contributed by atoms with Crippen LogP contribution in [0, 0.1) is 11.3 Å². The molecule has 0 saturated carbocycles. The highest BCUT2D eigenvalue weighted by atomic mass is 35.5. The van der Waals surface area contributed by atoms with Gasteiger partial charge in [0.2, 0.25) is 0 Å². The van der Waals surface area contributed by atoms with E-state index in [-0.39, 0.29) is 0 Å². The second kappa shape index (κ2) is 3.91. The molecule has 0 aliphatic rings. The van der Waals surface area contributed by atoms with Crippen LogP contribution in [0.3, 0.4) is 0 Å². The van der Waals surface area contributed by atoms with Crippen LogP contribution >= 0.6 is 34.1 Å². The number of hydrogen-bond donors (Lipinski definition) is 1. The summed E-state index contributed by atoms with van der Waals surface area (Å²) in [6.45, 7) is 0. The molecule has 0 aromatic heterocycles. The number of halogens is 1. The van der Waals surface area contributed by atoms with Crippen molar-refractivity contribution >= 4 is 34.1 Å². The van der Waals surface area contributed by atoms with Crippen LogP contribution in [0.2, 0.25) is 5.02 Å². The Hall–Kier alpha value is -0.300. The van der Waals surface area contributed by atoms with Gasteiger partial charge in [-0.15, -0.1) is 11.7 Å². The van der Waals surface area contributed by atoms with Gasteiger partial charge in [0, 0.05) is 4.90 Å². The second-order valence-electron chi connectivity index (χ2n) is 1.85. The van der Waals surface area contributed by atoms with E-state index in [0.717, 1.165) is 4.90 Å². The molecule has 1 aromatic rings. The maximum absolute atomic E-state index is 8.49. The van der Waals surface area contributed by atoms with E-state index < -0.39 is 0 Å². The van der Waals surface area contributed by atoms with Crippen LogP contribution in [0.15, 0.2) is 23.1 Å². The van der Waals surface area contributed by atoms with Gasteiger partial charge in [-0.25, -0.2) is 0 Å². The number of nitriles is 1. The van der Waals surface area contributed by atoms with E-state index in [1.165, 1.54) is 10.8 Å². The summed E-state index contributed by atoms with van der Waals surface area (Å²) in [4.78, 5) is 0.869. The Kier molecular flexibility index (Phi) is 3.13. The molecule has 0 saturated heterocycles.